The predicted octanol–water partition coefficient (Wildman–Crippen LogP) is 1.99. The molecule has 2 N–H and O–H groups in total. The Balaban J connectivity index is 1.79. The second-order valence-electron chi connectivity index (χ2n) is 6.52. The molecule has 0 aliphatic heterocycles. The lowest BCUT2D eigenvalue weighted by Crippen LogP contribution is -2.32. The maximum atomic E-state index is 12.9. The molecular formula is C19H20N2O4S. The van der Waals surface area contributed by atoms with Gasteiger partial charge in [-0.2, -0.15) is 0 Å². The Hall–Kier alpha value is -2.67. The number of carbonyl (C=O) groups excluding carboxylic acids is 2. The van der Waals surface area contributed by atoms with Crippen LogP contribution in [0.1, 0.15) is 39.1 Å². The second kappa shape index (κ2) is 6.92. The molecule has 1 saturated carbocycles. The monoisotopic (exact) mass is 372 g/mol. The van der Waals surface area contributed by atoms with Crippen molar-refractivity contribution in [3.8, 4) is 0 Å². The Morgan fingerprint density at radius 3 is 2.00 bits per heavy atom. The van der Waals surface area contributed by atoms with E-state index >= 15 is 0 Å². The van der Waals surface area contributed by atoms with Crippen LogP contribution in [0, 0.1) is 0 Å². The lowest BCUT2D eigenvalue weighted by Gasteiger charge is -2.23. The Kier molecular flexibility index (Phi) is 4.82. The molecular weight excluding hydrogens is 352 g/mol. The van der Waals surface area contributed by atoms with Crippen molar-refractivity contribution in [1.82, 2.24) is 4.90 Å². The molecule has 0 saturated heterocycles. The van der Waals surface area contributed by atoms with Crippen molar-refractivity contribution in [1.29, 1.82) is 0 Å². The largest absolute Gasteiger partial charge is 0.366 e. The zero-order chi connectivity index (χ0) is 18.9. The summed E-state index contributed by atoms with van der Waals surface area (Å²) in [5, 5.41) is 0. The van der Waals surface area contributed by atoms with Gasteiger partial charge in [0.2, 0.25) is 5.91 Å². The van der Waals surface area contributed by atoms with Crippen LogP contribution < -0.4 is 5.73 Å². The third-order valence-electron chi connectivity index (χ3n) is 4.37. The molecule has 0 unspecified atom stereocenters. The van der Waals surface area contributed by atoms with Crippen LogP contribution in [0.2, 0.25) is 0 Å². The van der Waals surface area contributed by atoms with Gasteiger partial charge >= 0.3 is 0 Å². The van der Waals surface area contributed by atoms with Crippen molar-refractivity contribution in [2.24, 2.45) is 5.73 Å². The molecule has 0 aromatic heterocycles. The molecule has 6 nitrogen and oxygen atoms in total. The first-order valence-electron chi connectivity index (χ1n) is 8.25. The van der Waals surface area contributed by atoms with Crippen LogP contribution in [0.5, 0.6) is 0 Å². The van der Waals surface area contributed by atoms with Gasteiger partial charge in [0.1, 0.15) is 0 Å². The second-order valence-corrected chi connectivity index (χ2v) is 8.54. The SMILES string of the molecule is CS(=O)(=O)c1ccc(C(=O)N(Cc2ccc(C(N)=O)cc2)C2CC2)cc1. The summed E-state index contributed by atoms with van der Waals surface area (Å²) in [6.45, 7) is 0.427. The van der Waals surface area contributed by atoms with Gasteiger partial charge in [-0.1, -0.05) is 12.1 Å². The number of benzene rings is 2. The van der Waals surface area contributed by atoms with Crippen molar-refractivity contribution in [3.63, 3.8) is 0 Å². The number of nitrogens with two attached hydrogens (primary N) is 1. The van der Waals surface area contributed by atoms with Crippen molar-refractivity contribution in [2.75, 3.05) is 6.26 Å². The summed E-state index contributed by atoms with van der Waals surface area (Å²) in [6, 6.07) is 13.1. The average molecular weight is 372 g/mol. The molecule has 0 spiro atoms. The van der Waals surface area contributed by atoms with Gasteiger partial charge in [0, 0.05) is 30.0 Å². The van der Waals surface area contributed by atoms with Crippen molar-refractivity contribution in [3.05, 3.63) is 65.2 Å². The highest BCUT2D eigenvalue weighted by Crippen LogP contribution is 2.30. The van der Waals surface area contributed by atoms with Crippen LogP contribution in [-0.4, -0.2) is 37.4 Å². The topological polar surface area (TPSA) is 97.5 Å². The van der Waals surface area contributed by atoms with E-state index in [1.54, 1.807) is 41.3 Å². The number of primary amides is 1. The zero-order valence-electron chi connectivity index (χ0n) is 14.4. The van der Waals surface area contributed by atoms with E-state index in [9.17, 15) is 18.0 Å². The summed E-state index contributed by atoms with van der Waals surface area (Å²) < 4.78 is 23.1. The zero-order valence-corrected chi connectivity index (χ0v) is 15.2. The van der Waals surface area contributed by atoms with Crippen LogP contribution in [0.15, 0.2) is 53.4 Å². The molecule has 0 bridgehead atoms. The summed E-state index contributed by atoms with van der Waals surface area (Å²) in [5.41, 5.74) is 7.03. The minimum atomic E-state index is -3.29. The third-order valence-corrected chi connectivity index (χ3v) is 5.50. The van der Waals surface area contributed by atoms with Crippen molar-refractivity contribution < 1.29 is 18.0 Å². The summed E-state index contributed by atoms with van der Waals surface area (Å²) in [7, 11) is -3.29. The van der Waals surface area contributed by atoms with E-state index in [2.05, 4.69) is 0 Å². The summed E-state index contributed by atoms with van der Waals surface area (Å²) in [5.74, 6) is -0.621. The predicted molar refractivity (Wildman–Crippen MR) is 97.4 cm³/mol. The maximum Gasteiger partial charge on any atom is 0.254 e. The first kappa shape index (κ1) is 18.1. The molecule has 2 aromatic rings. The third kappa shape index (κ3) is 4.11. The van der Waals surface area contributed by atoms with E-state index in [0.29, 0.717) is 17.7 Å². The molecule has 136 valence electrons. The van der Waals surface area contributed by atoms with E-state index in [1.807, 2.05) is 0 Å². The molecule has 3 rings (SSSR count). The smallest absolute Gasteiger partial charge is 0.254 e. The highest BCUT2D eigenvalue weighted by atomic mass is 32.2. The fourth-order valence-electron chi connectivity index (χ4n) is 2.73. The van der Waals surface area contributed by atoms with E-state index in [1.165, 1.54) is 12.1 Å². The fraction of sp³-hybridized carbons (Fsp3) is 0.263. The molecule has 0 atom stereocenters. The minimum Gasteiger partial charge on any atom is -0.366 e. The number of carbonyl (C=O) groups is 2. The van der Waals surface area contributed by atoms with Crippen molar-refractivity contribution >= 4 is 21.7 Å². The van der Waals surface area contributed by atoms with E-state index in [4.69, 9.17) is 5.73 Å². The molecule has 1 aliphatic rings. The summed E-state index contributed by atoms with van der Waals surface area (Å²) in [6.07, 6.45) is 3.04. The Morgan fingerprint density at radius 2 is 1.54 bits per heavy atom. The maximum absolute atomic E-state index is 12.9. The number of rotatable bonds is 6. The van der Waals surface area contributed by atoms with Gasteiger partial charge in [0.25, 0.3) is 5.91 Å². The van der Waals surface area contributed by atoms with Gasteiger partial charge < -0.3 is 10.6 Å². The number of nitrogens with zero attached hydrogens (tertiary/aromatic N) is 1. The lowest BCUT2D eigenvalue weighted by atomic mass is 10.1. The summed E-state index contributed by atoms with van der Waals surface area (Å²) >= 11 is 0. The molecule has 0 heterocycles. The number of sulfone groups is 1. The van der Waals surface area contributed by atoms with E-state index in [-0.39, 0.29) is 16.8 Å². The molecule has 1 fully saturated rings. The van der Waals surface area contributed by atoms with Gasteiger partial charge in [0.05, 0.1) is 4.90 Å². The van der Waals surface area contributed by atoms with Crippen LogP contribution in [0.25, 0.3) is 0 Å². The molecule has 2 amide bonds. The summed E-state index contributed by atoms with van der Waals surface area (Å²) in [4.78, 5) is 26.0. The number of amides is 2. The van der Waals surface area contributed by atoms with Gasteiger partial charge in [-0.05, 0) is 54.8 Å². The molecule has 2 aromatic carbocycles. The molecule has 0 radical (unpaired) electrons. The Labute approximate surface area is 152 Å². The molecule has 7 heteroatoms. The lowest BCUT2D eigenvalue weighted by molar-refractivity contribution is 0.0729. The minimum absolute atomic E-state index is 0.133. The van der Waals surface area contributed by atoms with Gasteiger partial charge in [-0.3, -0.25) is 9.59 Å². The van der Waals surface area contributed by atoms with Crippen molar-refractivity contribution in [2.45, 2.75) is 30.3 Å². The Bertz CT molecular complexity index is 931. The van der Waals surface area contributed by atoms with E-state index < -0.39 is 15.7 Å². The van der Waals surface area contributed by atoms with Gasteiger partial charge in [-0.25, -0.2) is 8.42 Å². The number of hydrogen-bond donors (Lipinski definition) is 1. The fourth-order valence-corrected chi connectivity index (χ4v) is 3.37. The van der Waals surface area contributed by atoms with Crippen LogP contribution in [0.3, 0.4) is 0 Å². The van der Waals surface area contributed by atoms with Crippen LogP contribution in [-0.2, 0) is 16.4 Å². The quantitative estimate of drug-likeness (QED) is 0.838. The highest BCUT2D eigenvalue weighted by Gasteiger charge is 2.33. The number of hydrogen-bond acceptors (Lipinski definition) is 4. The van der Waals surface area contributed by atoms with E-state index in [0.717, 1.165) is 24.7 Å². The molecule has 26 heavy (non-hydrogen) atoms. The normalized spacial score (nSPS) is 14.0. The molecule has 1 aliphatic carbocycles. The standard InChI is InChI=1S/C19H20N2O4S/c1-26(24,25)17-10-6-15(7-11-17)19(23)21(16-8-9-16)12-13-2-4-14(5-3-13)18(20)22/h2-7,10-11,16H,8-9,12H2,1H3,(H2,20,22). The van der Waals surface area contributed by atoms with Gasteiger partial charge in [-0.15, -0.1) is 0 Å². The van der Waals surface area contributed by atoms with Crippen LogP contribution in [0.4, 0.5) is 0 Å². The Morgan fingerprint density at radius 1 is 1.00 bits per heavy atom. The van der Waals surface area contributed by atoms with Crippen LogP contribution >= 0.6 is 0 Å². The first-order valence-corrected chi connectivity index (χ1v) is 10.1. The highest BCUT2D eigenvalue weighted by molar-refractivity contribution is 7.90. The van der Waals surface area contributed by atoms with Gasteiger partial charge in [0.15, 0.2) is 9.84 Å². The first-order chi connectivity index (χ1) is 12.3. The average Bonchev–Trinajstić information content (AvgIpc) is 3.44.